The van der Waals surface area contributed by atoms with Gasteiger partial charge in [-0.3, -0.25) is 0 Å². The molecule has 1 heterocycles. The Balaban J connectivity index is 2.67. The summed E-state index contributed by atoms with van der Waals surface area (Å²) in [6, 6.07) is 2.04. The zero-order valence-corrected chi connectivity index (χ0v) is 8.68. The Kier molecular flexibility index (Phi) is 3.90. The van der Waals surface area contributed by atoms with Gasteiger partial charge in [0.05, 0.1) is 13.2 Å². The minimum absolute atomic E-state index is 0.0514. The van der Waals surface area contributed by atoms with Crippen LogP contribution in [0.3, 0.4) is 0 Å². The van der Waals surface area contributed by atoms with Crippen LogP contribution in [0.5, 0.6) is 0 Å². The second kappa shape index (κ2) is 4.74. The average molecular weight is 200 g/mol. The van der Waals surface area contributed by atoms with Crippen LogP contribution in [0.2, 0.25) is 0 Å². The smallest absolute Gasteiger partial charge is 0.0512 e. The molecule has 0 aliphatic rings. The first-order valence-electron chi connectivity index (χ1n) is 4.49. The average Bonchev–Trinajstić information content (AvgIpc) is 2.67. The molecule has 3 heteroatoms. The molecule has 2 nitrogen and oxygen atoms in total. The van der Waals surface area contributed by atoms with Crippen LogP contribution in [0.25, 0.3) is 0 Å². The summed E-state index contributed by atoms with van der Waals surface area (Å²) in [6.07, 6.45) is 1.57. The third kappa shape index (κ3) is 2.53. The first-order valence-corrected chi connectivity index (χ1v) is 5.43. The van der Waals surface area contributed by atoms with Crippen LogP contribution in [0.4, 0.5) is 0 Å². The van der Waals surface area contributed by atoms with E-state index in [1.807, 2.05) is 18.4 Å². The van der Waals surface area contributed by atoms with Gasteiger partial charge in [-0.15, -0.1) is 0 Å². The molecule has 0 radical (unpaired) electrons. The fourth-order valence-electron chi connectivity index (χ4n) is 1.34. The van der Waals surface area contributed by atoms with Crippen LogP contribution in [0.15, 0.2) is 16.8 Å². The van der Waals surface area contributed by atoms with Crippen molar-refractivity contribution < 1.29 is 10.2 Å². The van der Waals surface area contributed by atoms with Crippen molar-refractivity contribution in [2.24, 2.45) is 5.41 Å². The summed E-state index contributed by atoms with van der Waals surface area (Å²) in [4.78, 5) is 0. The van der Waals surface area contributed by atoms with Crippen molar-refractivity contribution in [1.82, 2.24) is 0 Å². The molecule has 0 spiro atoms. The van der Waals surface area contributed by atoms with Crippen molar-refractivity contribution in [3.05, 3.63) is 22.4 Å². The molecule has 0 aliphatic heterocycles. The zero-order valence-electron chi connectivity index (χ0n) is 7.86. The van der Waals surface area contributed by atoms with E-state index in [0.717, 1.165) is 12.8 Å². The molecule has 0 saturated heterocycles. The molecule has 1 aromatic rings. The number of hydrogen-bond donors (Lipinski definition) is 2. The van der Waals surface area contributed by atoms with Gasteiger partial charge in [0.25, 0.3) is 0 Å². The fraction of sp³-hybridized carbons (Fsp3) is 0.600. The summed E-state index contributed by atoms with van der Waals surface area (Å²) in [5.74, 6) is 0. The first-order chi connectivity index (χ1) is 6.26. The maximum Gasteiger partial charge on any atom is 0.0512 e. The molecule has 2 N–H and O–H groups in total. The van der Waals surface area contributed by atoms with E-state index in [2.05, 4.69) is 5.38 Å². The quantitative estimate of drug-likeness (QED) is 0.759. The van der Waals surface area contributed by atoms with Crippen LogP contribution in [-0.2, 0) is 6.42 Å². The zero-order chi connectivity index (χ0) is 9.73. The second-order valence-corrected chi connectivity index (χ2v) is 4.26. The monoisotopic (exact) mass is 200 g/mol. The highest BCUT2D eigenvalue weighted by Crippen LogP contribution is 2.26. The fourth-order valence-corrected chi connectivity index (χ4v) is 2.01. The standard InChI is InChI=1S/C10H16O2S/c1-2-10(7-11,8-12)5-9-3-4-13-6-9/h3-4,6,11-12H,2,5,7-8H2,1H3. The predicted octanol–water partition coefficient (Wildman–Crippen LogP) is 1.67. The third-order valence-electron chi connectivity index (χ3n) is 2.58. The van der Waals surface area contributed by atoms with Crippen molar-refractivity contribution in [2.45, 2.75) is 19.8 Å². The Hall–Kier alpha value is -0.380. The Morgan fingerprint density at radius 2 is 2.08 bits per heavy atom. The normalized spacial score (nSPS) is 11.9. The molecule has 13 heavy (non-hydrogen) atoms. The van der Waals surface area contributed by atoms with Crippen molar-refractivity contribution in [3.63, 3.8) is 0 Å². The van der Waals surface area contributed by atoms with Crippen molar-refractivity contribution in [3.8, 4) is 0 Å². The van der Waals surface area contributed by atoms with Gasteiger partial charge >= 0.3 is 0 Å². The van der Waals surface area contributed by atoms with Gasteiger partial charge in [0.2, 0.25) is 0 Å². The number of hydrogen-bond acceptors (Lipinski definition) is 3. The van der Waals surface area contributed by atoms with E-state index < -0.39 is 0 Å². The Morgan fingerprint density at radius 1 is 1.38 bits per heavy atom. The van der Waals surface area contributed by atoms with Crippen molar-refractivity contribution in [2.75, 3.05) is 13.2 Å². The summed E-state index contributed by atoms with van der Waals surface area (Å²) in [7, 11) is 0. The third-order valence-corrected chi connectivity index (χ3v) is 3.31. The van der Waals surface area contributed by atoms with Gasteiger partial charge < -0.3 is 10.2 Å². The van der Waals surface area contributed by atoms with Crippen LogP contribution < -0.4 is 0 Å². The van der Waals surface area contributed by atoms with E-state index in [-0.39, 0.29) is 18.6 Å². The minimum atomic E-state index is -0.332. The van der Waals surface area contributed by atoms with E-state index in [1.165, 1.54) is 5.56 Å². The number of aliphatic hydroxyl groups is 2. The van der Waals surface area contributed by atoms with Crippen LogP contribution >= 0.6 is 11.3 Å². The van der Waals surface area contributed by atoms with Gasteiger partial charge in [-0.1, -0.05) is 6.92 Å². The summed E-state index contributed by atoms with van der Waals surface area (Å²) in [5, 5.41) is 22.5. The highest BCUT2D eigenvalue weighted by Gasteiger charge is 2.26. The van der Waals surface area contributed by atoms with Gasteiger partial charge in [-0.05, 0) is 35.2 Å². The van der Waals surface area contributed by atoms with Gasteiger partial charge in [0.15, 0.2) is 0 Å². The van der Waals surface area contributed by atoms with Crippen LogP contribution in [0, 0.1) is 5.41 Å². The Bertz CT molecular complexity index is 219. The lowest BCUT2D eigenvalue weighted by Gasteiger charge is -2.27. The topological polar surface area (TPSA) is 40.5 Å². The van der Waals surface area contributed by atoms with E-state index in [4.69, 9.17) is 0 Å². The molecule has 0 bridgehead atoms. The summed E-state index contributed by atoms with van der Waals surface area (Å²) in [5.41, 5.74) is 0.871. The molecule has 0 amide bonds. The van der Waals surface area contributed by atoms with E-state index in [1.54, 1.807) is 11.3 Å². The van der Waals surface area contributed by atoms with E-state index in [9.17, 15) is 10.2 Å². The van der Waals surface area contributed by atoms with Gasteiger partial charge in [0.1, 0.15) is 0 Å². The molecule has 0 aromatic carbocycles. The Labute approximate surface area is 82.8 Å². The van der Waals surface area contributed by atoms with E-state index in [0.29, 0.717) is 0 Å². The minimum Gasteiger partial charge on any atom is -0.396 e. The second-order valence-electron chi connectivity index (χ2n) is 3.48. The van der Waals surface area contributed by atoms with Gasteiger partial charge in [-0.25, -0.2) is 0 Å². The number of thiophene rings is 1. The molecular weight excluding hydrogens is 184 g/mol. The molecule has 1 rings (SSSR count). The molecule has 0 aliphatic carbocycles. The van der Waals surface area contributed by atoms with E-state index >= 15 is 0 Å². The first kappa shape index (κ1) is 10.7. The van der Waals surface area contributed by atoms with Crippen molar-refractivity contribution in [1.29, 1.82) is 0 Å². The van der Waals surface area contributed by atoms with Gasteiger partial charge in [0, 0.05) is 5.41 Å². The summed E-state index contributed by atoms with van der Waals surface area (Å²) < 4.78 is 0. The molecule has 0 fully saturated rings. The lowest BCUT2D eigenvalue weighted by molar-refractivity contribution is 0.0515. The maximum absolute atomic E-state index is 9.22. The largest absolute Gasteiger partial charge is 0.396 e. The van der Waals surface area contributed by atoms with Crippen LogP contribution in [-0.4, -0.2) is 23.4 Å². The van der Waals surface area contributed by atoms with Gasteiger partial charge in [-0.2, -0.15) is 11.3 Å². The van der Waals surface area contributed by atoms with Crippen molar-refractivity contribution >= 4 is 11.3 Å². The Morgan fingerprint density at radius 3 is 2.46 bits per heavy atom. The molecular formula is C10H16O2S. The SMILES string of the molecule is CCC(CO)(CO)Cc1ccsc1. The number of aliphatic hydroxyl groups excluding tert-OH is 2. The molecule has 74 valence electrons. The highest BCUT2D eigenvalue weighted by molar-refractivity contribution is 7.07. The molecule has 1 aromatic heterocycles. The molecule has 0 saturated carbocycles. The molecule has 0 unspecified atom stereocenters. The summed E-state index contributed by atoms with van der Waals surface area (Å²) in [6.45, 7) is 2.10. The molecule has 0 atom stereocenters. The maximum atomic E-state index is 9.22. The highest BCUT2D eigenvalue weighted by atomic mass is 32.1. The van der Waals surface area contributed by atoms with Crippen LogP contribution in [0.1, 0.15) is 18.9 Å². The lowest BCUT2D eigenvalue weighted by Crippen LogP contribution is -2.31. The summed E-state index contributed by atoms with van der Waals surface area (Å²) >= 11 is 1.65. The number of rotatable bonds is 5. The lowest BCUT2D eigenvalue weighted by atomic mass is 9.81. The predicted molar refractivity (Wildman–Crippen MR) is 54.9 cm³/mol.